The lowest BCUT2D eigenvalue weighted by Gasteiger charge is -2.18. The number of carbonyl (C=O) groups is 1. The summed E-state index contributed by atoms with van der Waals surface area (Å²) in [5.41, 5.74) is -0.246. The third kappa shape index (κ3) is 3.53. The average Bonchev–Trinajstić information content (AvgIpc) is 2.34. The van der Waals surface area contributed by atoms with Crippen LogP contribution >= 0.6 is 0 Å². The Hall–Kier alpha value is -1.91. The molecule has 0 aliphatic heterocycles. The number of carbonyl (C=O) groups excluding carboxylic acids is 1. The molecular weight excluding hydrogens is 271 g/mol. The van der Waals surface area contributed by atoms with Gasteiger partial charge in [0.25, 0.3) is 5.91 Å². The van der Waals surface area contributed by atoms with Gasteiger partial charge in [0, 0.05) is 6.54 Å². The topological polar surface area (TPSA) is 80.5 Å². The Labute approximate surface area is 111 Å². The molecule has 1 aromatic carbocycles. The van der Waals surface area contributed by atoms with Crippen molar-refractivity contribution in [3.8, 4) is 12.3 Å². The molecule has 19 heavy (non-hydrogen) atoms. The lowest BCUT2D eigenvalue weighted by Crippen LogP contribution is -2.31. The number of hydrogen-bond donors (Lipinski definition) is 1. The molecule has 0 aliphatic carbocycles. The van der Waals surface area contributed by atoms with Gasteiger partial charge in [0.2, 0.25) is 10.0 Å². The van der Waals surface area contributed by atoms with Crippen molar-refractivity contribution in [3.63, 3.8) is 0 Å². The van der Waals surface area contributed by atoms with E-state index in [-0.39, 0.29) is 17.0 Å². The van der Waals surface area contributed by atoms with Crippen molar-refractivity contribution in [3.05, 3.63) is 29.6 Å². The first-order valence-corrected chi connectivity index (χ1v) is 6.91. The zero-order valence-corrected chi connectivity index (χ0v) is 11.1. The summed E-state index contributed by atoms with van der Waals surface area (Å²) < 4.78 is 35.8. The number of halogens is 1. The van der Waals surface area contributed by atoms with Crippen LogP contribution in [-0.4, -0.2) is 32.3 Å². The molecule has 0 atom stereocenters. The van der Waals surface area contributed by atoms with E-state index in [0.717, 1.165) is 12.1 Å². The maximum absolute atomic E-state index is 13.7. The molecule has 0 heterocycles. The molecule has 102 valence electrons. The van der Waals surface area contributed by atoms with Crippen LogP contribution in [0, 0.1) is 18.2 Å². The molecule has 0 spiro atoms. The summed E-state index contributed by atoms with van der Waals surface area (Å²) in [5, 5.41) is 4.87. The number of primary sulfonamides is 1. The molecule has 0 saturated carbocycles. The van der Waals surface area contributed by atoms with Crippen LogP contribution in [0.15, 0.2) is 23.1 Å². The monoisotopic (exact) mass is 284 g/mol. The zero-order valence-electron chi connectivity index (χ0n) is 10.3. The van der Waals surface area contributed by atoms with Crippen LogP contribution in [-0.2, 0) is 10.0 Å². The summed E-state index contributed by atoms with van der Waals surface area (Å²) in [4.78, 5) is 12.8. The Bertz CT molecular complexity index is 635. The Morgan fingerprint density at radius 1 is 1.53 bits per heavy atom. The van der Waals surface area contributed by atoms with Crippen LogP contribution in [0.2, 0.25) is 0 Å². The Kier molecular flexibility index (Phi) is 4.64. The van der Waals surface area contributed by atoms with Crippen LogP contribution in [0.5, 0.6) is 0 Å². The molecule has 1 amide bonds. The number of nitrogens with zero attached hydrogens (tertiary/aromatic N) is 1. The minimum absolute atomic E-state index is 0.0473. The second-order valence-corrected chi connectivity index (χ2v) is 5.27. The number of benzene rings is 1. The van der Waals surface area contributed by atoms with E-state index >= 15 is 0 Å². The Morgan fingerprint density at radius 3 is 2.58 bits per heavy atom. The molecule has 7 heteroatoms. The smallest absolute Gasteiger partial charge is 0.257 e. The molecule has 0 aliphatic rings. The van der Waals surface area contributed by atoms with E-state index in [0.29, 0.717) is 12.6 Å². The molecule has 0 unspecified atom stereocenters. The molecule has 1 rings (SSSR count). The van der Waals surface area contributed by atoms with Gasteiger partial charge >= 0.3 is 0 Å². The van der Waals surface area contributed by atoms with Gasteiger partial charge in [-0.3, -0.25) is 4.79 Å². The molecule has 0 saturated heterocycles. The highest BCUT2D eigenvalue weighted by Crippen LogP contribution is 2.15. The van der Waals surface area contributed by atoms with Crippen LogP contribution in [0.1, 0.15) is 17.3 Å². The Balaban J connectivity index is 3.17. The van der Waals surface area contributed by atoms with Crippen molar-refractivity contribution in [2.45, 2.75) is 11.8 Å². The number of rotatable bonds is 4. The van der Waals surface area contributed by atoms with Gasteiger partial charge in [-0.05, 0) is 25.1 Å². The minimum Gasteiger partial charge on any atom is -0.328 e. The zero-order chi connectivity index (χ0) is 14.6. The van der Waals surface area contributed by atoms with Crippen molar-refractivity contribution in [1.29, 1.82) is 0 Å². The fourth-order valence-electron chi connectivity index (χ4n) is 1.45. The maximum Gasteiger partial charge on any atom is 0.257 e. The second-order valence-electron chi connectivity index (χ2n) is 3.71. The first kappa shape index (κ1) is 15.1. The molecule has 0 aromatic heterocycles. The number of sulfonamides is 1. The van der Waals surface area contributed by atoms with Gasteiger partial charge in [-0.25, -0.2) is 17.9 Å². The third-order valence-electron chi connectivity index (χ3n) is 2.45. The largest absolute Gasteiger partial charge is 0.328 e. The van der Waals surface area contributed by atoms with Crippen molar-refractivity contribution in [2.24, 2.45) is 5.14 Å². The number of hydrogen-bond acceptors (Lipinski definition) is 3. The molecule has 1 aromatic rings. The molecular formula is C12H13FN2O3S. The van der Waals surface area contributed by atoms with Gasteiger partial charge in [-0.1, -0.05) is 5.92 Å². The standard InChI is InChI=1S/C12H13FN2O3S/c1-3-7-15(4-2)12(16)10-6-5-9(8-11(10)13)19(14,17)18/h1,5-6,8H,4,7H2,2H3,(H2,14,17,18). The van der Waals surface area contributed by atoms with Crippen molar-refractivity contribution >= 4 is 15.9 Å². The predicted molar refractivity (Wildman–Crippen MR) is 68.2 cm³/mol. The van der Waals surface area contributed by atoms with Crippen molar-refractivity contribution < 1.29 is 17.6 Å². The fourth-order valence-corrected chi connectivity index (χ4v) is 1.98. The second kappa shape index (κ2) is 5.82. The van der Waals surface area contributed by atoms with Crippen LogP contribution in [0.3, 0.4) is 0 Å². The van der Waals surface area contributed by atoms with Crippen LogP contribution in [0.4, 0.5) is 4.39 Å². The SMILES string of the molecule is C#CCN(CC)C(=O)c1ccc(S(N)(=O)=O)cc1F. The molecule has 0 fully saturated rings. The van der Waals surface area contributed by atoms with Gasteiger partial charge in [0.1, 0.15) is 5.82 Å². The molecule has 0 bridgehead atoms. The average molecular weight is 284 g/mol. The van der Waals surface area contributed by atoms with Crippen LogP contribution in [0.25, 0.3) is 0 Å². The van der Waals surface area contributed by atoms with Crippen molar-refractivity contribution in [2.75, 3.05) is 13.1 Å². The quantitative estimate of drug-likeness (QED) is 0.821. The van der Waals surface area contributed by atoms with E-state index in [1.54, 1.807) is 6.92 Å². The molecule has 2 N–H and O–H groups in total. The van der Waals surface area contributed by atoms with Gasteiger partial charge in [0.15, 0.2) is 0 Å². The van der Waals surface area contributed by atoms with Crippen LogP contribution < -0.4 is 5.14 Å². The fraction of sp³-hybridized carbons (Fsp3) is 0.250. The summed E-state index contributed by atoms with van der Waals surface area (Å²) in [6.07, 6.45) is 5.11. The van der Waals surface area contributed by atoms with E-state index in [1.165, 1.54) is 4.90 Å². The summed E-state index contributed by atoms with van der Waals surface area (Å²) in [7, 11) is -4.00. The minimum atomic E-state index is -4.00. The van der Waals surface area contributed by atoms with Gasteiger partial charge < -0.3 is 4.90 Å². The van der Waals surface area contributed by atoms with Gasteiger partial charge in [-0.15, -0.1) is 6.42 Å². The lowest BCUT2D eigenvalue weighted by molar-refractivity contribution is 0.0780. The highest BCUT2D eigenvalue weighted by Gasteiger charge is 2.19. The van der Waals surface area contributed by atoms with E-state index in [2.05, 4.69) is 5.92 Å². The number of amides is 1. The molecule has 0 radical (unpaired) electrons. The molecule has 5 nitrogen and oxygen atoms in total. The van der Waals surface area contributed by atoms with Gasteiger partial charge in [0.05, 0.1) is 17.0 Å². The number of terminal acetylenes is 1. The number of nitrogens with two attached hydrogens (primary N) is 1. The Morgan fingerprint density at radius 2 is 2.16 bits per heavy atom. The van der Waals surface area contributed by atoms with E-state index < -0.39 is 21.7 Å². The third-order valence-corrected chi connectivity index (χ3v) is 3.36. The first-order valence-electron chi connectivity index (χ1n) is 5.36. The van der Waals surface area contributed by atoms with E-state index in [1.807, 2.05) is 0 Å². The summed E-state index contributed by atoms with van der Waals surface area (Å²) >= 11 is 0. The summed E-state index contributed by atoms with van der Waals surface area (Å²) in [6.45, 7) is 2.07. The normalized spacial score (nSPS) is 10.8. The predicted octanol–water partition coefficient (Wildman–Crippen LogP) is 0.568. The lowest BCUT2D eigenvalue weighted by atomic mass is 10.2. The summed E-state index contributed by atoms with van der Waals surface area (Å²) in [5.74, 6) is 0.741. The maximum atomic E-state index is 13.7. The van der Waals surface area contributed by atoms with E-state index in [9.17, 15) is 17.6 Å². The van der Waals surface area contributed by atoms with E-state index in [4.69, 9.17) is 11.6 Å². The highest BCUT2D eigenvalue weighted by molar-refractivity contribution is 7.89. The van der Waals surface area contributed by atoms with Crippen molar-refractivity contribution in [1.82, 2.24) is 4.90 Å². The van der Waals surface area contributed by atoms with Gasteiger partial charge in [-0.2, -0.15) is 0 Å². The first-order chi connectivity index (χ1) is 8.81. The highest BCUT2D eigenvalue weighted by atomic mass is 32.2. The summed E-state index contributed by atoms with van der Waals surface area (Å²) in [6, 6.07) is 2.87.